The number of ether oxygens (including phenoxy) is 1. The molecule has 1 aliphatic rings. The van der Waals surface area contributed by atoms with Crippen LogP contribution in [0.15, 0.2) is 0 Å². The first-order valence-electron chi connectivity index (χ1n) is 5.18. The van der Waals surface area contributed by atoms with Crippen molar-refractivity contribution in [2.45, 2.75) is 25.0 Å². The van der Waals surface area contributed by atoms with Gasteiger partial charge in [0.05, 0.1) is 0 Å². The molecular weight excluding hydrogens is 230 g/mol. The van der Waals surface area contributed by atoms with Crippen molar-refractivity contribution in [2.75, 3.05) is 25.6 Å². The standard InChI is InChI=1S/C10H17NO4S/c1-11(5-6-16-2)9(12)7-3-4-8(15-7)10(13)14/h7-8H,3-6H2,1-2H3,(H,13,14). The number of amides is 1. The lowest BCUT2D eigenvalue weighted by Gasteiger charge is -2.20. The van der Waals surface area contributed by atoms with E-state index in [1.807, 2.05) is 6.26 Å². The molecule has 1 aliphatic heterocycles. The van der Waals surface area contributed by atoms with Gasteiger partial charge in [-0.25, -0.2) is 4.79 Å². The van der Waals surface area contributed by atoms with Crippen molar-refractivity contribution in [3.63, 3.8) is 0 Å². The van der Waals surface area contributed by atoms with Crippen molar-refractivity contribution in [1.82, 2.24) is 4.90 Å². The minimum Gasteiger partial charge on any atom is -0.479 e. The van der Waals surface area contributed by atoms with E-state index in [1.54, 1.807) is 23.7 Å². The summed E-state index contributed by atoms with van der Waals surface area (Å²) in [6, 6.07) is 0. The van der Waals surface area contributed by atoms with E-state index in [2.05, 4.69) is 0 Å². The van der Waals surface area contributed by atoms with Crippen LogP contribution in [0.3, 0.4) is 0 Å². The van der Waals surface area contributed by atoms with Gasteiger partial charge in [-0.2, -0.15) is 11.8 Å². The van der Waals surface area contributed by atoms with E-state index in [-0.39, 0.29) is 5.91 Å². The van der Waals surface area contributed by atoms with Crippen molar-refractivity contribution in [3.05, 3.63) is 0 Å². The first-order valence-corrected chi connectivity index (χ1v) is 6.57. The van der Waals surface area contributed by atoms with E-state index in [0.717, 1.165) is 5.75 Å². The van der Waals surface area contributed by atoms with Gasteiger partial charge in [-0.05, 0) is 19.1 Å². The number of carboxylic acid groups (broad SMARTS) is 1. The molecule has 92 valence electrons. The quantitative estimate of drug-likeness (QED) is 0.763. The Morgan fingerprint density at radius 2 is 2.06 bits per heavy atom. The molecule has 0 aromatic heterocycles. The lowest BCUT2D eigenvalue weighted by Crippen LogP contribution is -2.38. The Balaban J connectivity index is 2.41. The Morgan fingerprint density at radius 1 is 1.44 bits per heavy atom. The molecule has 6 heteroatoms. The maximum Gasteiger partial charge on any atom is 0.332 e. The molecule has 1 amide bonds. The average Bonchev–Trinajstić information content (AvgIpc) is 2.74. The first kappa shape index (κ1) is 13.3. The predicted molar refractivity (Wildman–Crippen MR) is 61.5 cm³/mol. The summed E-state index contributed by atoms with van der Waals surface area (Å²) >= 11 is 1.67. The highest BCUT2D eigenvalue weighted by atomic mass is 32.2. The molecular formula is C10H17NO4S. The highest BCUT2D eigenvalue weighted by Crippen LogP contribution is 2.21. The van der Waals surface area contributed by atoms with E-state index in [9.17, 15) is 9.59 Å². The van der Waals surface area contributed by atoms with Crippen LogP contribution in [-0.4, -0.2) is 59.7 Å². The Hall–Kier alpha value is -0.750. The third-order valence-electron chi connectivity index (χ3n) is 2.58. The van der Waals surface area contributed by atoms with Crippen LogP contribution >= 0.6 is 11.8 Å². The van der Waals surface area contributed by atoms with Gasteiger partial charge >= 0.3 is 5.97 Å². The fourth-order valence-corrected chi connectivity index (χ4v) is 2.04. The summed E-state index contributed by atoms with van der Waals surface area (Å²) in [4.78, 5) is 24.1. The van der Waals surface area contributed by atoms with Crippen LogP contribution in [-0.2, 0) is 14.3 Å². The van der Waals surface area contributed by atoms with Gasteiger partial charge in [0.15, 0.2) is 6.10 Å². The summed E-state index contributed by atoms with van der Waals surface area (Å²) in [5.41, 5.74) is 0. The molecule has 0 spiro atoms. The summed E-state index contributed by atoms with van der Waals surface area (Å²) in [5, 5.41) is 8.74. The molecule has 1 fully saturated rings. The zero-order valence-corrected chi connectivity index (χ0v) is 10.3. The molecule has 16 heavy (non-hydrogen) atoms. The Bertz CT molecular complexity index is 272. The number of aliphatic carboxylic acids is 1. The van der Waals surface area contributed by atoms with Crippen LogP contribution < -0.4 is 0 Å². The normalized spacial score (nSPS) is 24.4. The Morgan fingerprint density at radius 3 is 2.56 bits per heavy atom. The van der Waals surface area contributed by atoms with Crippen LogP contribution in [0.2, 0.25) is 0 Å². The number of carboxylic acids is 1. The van der Waals surface area contributed by atoms with Crippen molar-refractivity contribution >= 4 is 23.6 Å². The molecule has 1 N–H and O–H groups in total. The largest absolute Gasteiger partial charge is 0.479 e. The number of nitrogens with zero attached hydrogens (tertiary/aromatic N) is 1. The molecule has 2 atom stereocenters. The third-order valence-corrected chi connectivity index (χ3v) is 3.17. The molecule has 0 aromatic rings. The molecule has 1 rings (SSSR count). The molecule has 0 radical (unpaired) electrons. The van der Waals surface area contributed by atoms with Gasteiger partial charge in [0.25, 0.3) is 5.91 Å². The van der Waals surface area contributed by atoms with Gasteiger partial charge in [-0.15, -0.1) is 0 Å². The van der Waals surface area contributed by atoms with Crippen LogP contribution in [0.1, 0.15) is 12.8 Å². The highest BCUT2D eigenvalue weighted by molar-refractivity contribution is 7.98. The number of thioether (sulfide) groups is 1. The number of rotatable bonds is 5. The van der Waals surface area contributed by atoms with Crippen molar-refractivity contribution in [3.8, 4) is 0 Å². The topological polar surface area (TPSA) is 66.8 Å². The number of hydrogen-bond acceptors (Lipinski definition) is 4. The SMILES string of the molecule is CSCCN(C)C(=O)C1CCC(C(=O)O)O1. The third kappa shape index (κ3) is 3.38. The zero-order valence-electron chi connectivity index (χ0n) is 9.51. The van der Waals surface area contributed by atoms with Crippen LogP contribution in [0.4, 0.5) is 0 Å². The van der Waals surface area contributed by atoms with E-state index >= 15 is 0 Å². The lowest BCUT2D eigenvalue weighted by atomic mass is 10.2. The molecule has 1 heterocycles. The number of likely N-dealkylation sites (N-methyl/N-ethyl adjacent to an activating group) is 1. The van der Waals surface area contributed by atoms with Gasteiger partial charge in [-0.1, -0.05) is 0 Å². The maximum absolute atomic E-state index is 11.8. The van der Waals surface area contributed by atoms with Gasteiger partial charge in [0.1, 0.15) is 6.10 Å². The first-order chi connectivity index (χ1) is 7.56. The summed E-state index contributed by atoms with van der Waals surface area (Å²) < 4.78 is 5.19. The van der Waals surface area contributed by atoms with Crippen molar-refractivity contribution in [1.29, 1.82) is 0 Å². The average molecular weight is 247 g/mol. The molecule has 0 saturated carbocycles. The second-order valence-corrected chi connectivity index (χ2v) is 4.77. The summed E-state index contributed by atoms with van der Waals surface area (Å²) in [6.45, 7) is 0.664. The fourth-order valence-electron chi connectivity index (χ4n) is 1.58. The van der Waals surface area contributed by atoms with Crippen molar-refractivity contribution < 1.29 is 19.4 Å². The van der Waals surface area contributed by atoms with Crippen LogP contribution in [0.25, 0.3) is 0 Å². The second kappa shape index (κ2) is 6.10. The number of hydrogen-bond donors (Lipinski definition) is 1. The summed E-state index contributed by atoms with van der Waals surface area (Å²) in [5.74, 6) is -0.225. The summed E-state index contributed by atoms with van der Waals surface area (Å²) in [7, 11) is 1.72. The Labute approximate surface area is 99.1 Å². The van der Waals surface area contributed by atoms with Gasteiger partial charge in [0.2, 0.25) is 0 Å². The van der Waals surface area contributed by atoms with Crippen molar-refractivity contribution in [2.24, 2.45) is 0 Å². The molecule has 0 aliphatic carbocycles. The predicted octanol–water partition coefficient (Wildman–Crippen LogP) is 0.440. The minimum absolute atomic E-state index is 0.113. The maximum atomic E-state index is 11.8. The second-order valence-electron chi connectivity index (χ2n) is 3.78. The zero-order chi connectivity index (χ0) is 12.1. The molecule has 2 unspecified atom stereocenters. The van der Waals surface area contributed by atoms with Gasteiger partial charge in [0, 0.05) is 19.3 Å². The van der Waals surface area contributed by atoms with E-state index < -0.39 is 18.2 Å². The van der Waals surface area contributed by atoms with Gasteiger partial charge in [-0.3, -0.25) is 4.79 Å². The fraction of sp³-hybridized carbons (Fsp3) is 0.800. The molecule has 1 saturated heterocycles. The van der Waals surface area contributed by atoms with Gasteiger partial charge < -0.3 is 14.7 Å². The van der Waals surface area contributed by atoms with E-state index in [1.165, 1.54) is 0 Å². The molecule has 0 bridgehead atoms. The summed E-state index contributed by atoms with van der Waals surface area (Å²) in [6.07, 6.45) is 1.50. The highest BCUT2D eigenvalue weighted by Gasteiger charge is 2.35. The Kier molecular flexibility index (Phi) is 5.08. The van der Waals surface area contributed by atoms with E-state index in [0.29, 0.717) is 19.4 Å². The smallest absolute Gasteiger partial charge is 0.332 e. The number of carbonyl (C=O) groups is 2. The monoisotopic (exact) mass is 247 g/mol. The molecule has 5 nitrogen and oxygen atoms in total. The molecule has 0 aromatic carbocycles. The van der Waals surface area contributed by atoms with Crippen LogP contribution in [0.5, 0.6) is 0 Å². The van der Waals surface area contributed by atoms with Crippen LogP contribution in [0, 0.1) is 0 Å². The number of carbonyl (C=O) groups excluding carboxylic acids is 1. The minimum atomic E-state index is -0.984. The van der Waals surface area contributed by atoms with E-state index in [4.69, 9.17) is 9.84 Å². The lowest BCUT2D eigenvalue weighted by molar-refractivity contribution is -0.154.